The van der Waals surface area contributed by atoms with Gasteiger partial charge in [-0.1, -0.05) is 18.8 Å². The highest BCUT2D eigenvalue weighted by atomic mass is 32.1. The maximum absolute atomic E-state index is 8.74. The summed E-state index contributed by atoms with van der Waals surface area (Å²) < 4.78 is 0. The minimum atomic E-state index is 0.142. The van der Waals surface area contributed by atoms with E-state index in [2.05, 4.69) is 47.7 Å². The van der Waals surface area contributed by atoms with Crippen molar-refractivity contribution in [1.82, 2.24) is 9.80 Å². The molecule has 1 atom stereocenters. The molecule has 116 valence electrons. The molecule has 0 saturated carbocycles. The van der Waals surface area contributed by atoms with E-state index in [0.29, 0.717) is 6.42 Å². The maximum Gasteiger partial charge on any atom is 0.0771 e. The predicted octanol–water partition coefficient (Wildman–Crippen LogP) is 2.40. The molecule has 1 aromatic heterocycles. The van der Waals surface area contributed by atoms with Crippen molar-refractivity contribution < 1.29 is 5.11 Å². The van der Waals surface area contributed by atoms with Gasteiger partial charge < -0.3 is 5.11 Å². The van der Waals surface area contributed by atoms with Gasteiger partial charge in [0.15, 0.2) is 0 Å². The van der Waals surface area contributed by atoms with E-state index in [1.54, 1.807) is 11.3 Å². The zero-order valence-electron chi connectivity index (χ0n) is 13.1. The van der Waals surface area contributed by atoms with Crippen molar-refractivity contribution >= 4 is 11.3 Å². The normalized spacial score (nSPS) is 19.0. The monoisotopic (exact) mass is 306 g/mol. The lowest BCUT2D eigenvalue weighted by Crippen LogP contribution is -2.38. The molecule has 21 heavy (non-hydrogen) atoms. The summed E-state index contributed by atoms with van der Waals surface area (Å²) in [7, 11) is 2.21. The van der Waals surface area contributed by atoms with Gasteiger partial charge in [0.2, 0.25) is 0 Å². The Labute approximate surface area is 132 Å². The van der Waals surface area contributed by atoms with E-state index in [-0.39, 0.29) is 6.61 Å². The standard InChI is InChI=1S/C17H26N2OS/c1-3-19-11-6-7-15(19)13-18(2)14-17-10-9-16(21-17)8-4-5-12-20/h9-10,15,20H,3,5-7,11-14H2,1-2H3. The molecule has 1 unspecified atom stereocenters. The van der Waals surface area contributed by atoms with Crippen LogP contribution in [0.25, 0.3) is 0 Å². The average Bonchev–Trinajstić information content (AvgIpc) is 3.08. The van der Waals surface area contributed by atoms with Crippen LogP contribution in [0.2, 0.25) is 0 Å². The van der Waals surface area contributed by atoms with Gasteiger partial charge in [-0.15, -0.1) is 11.3 Å². The quantitative estimate of drug-likeness (QED) is 0.818. The topological polar surface area (TPSA) is 26.7 Å². The summed E-state index contributed by atoms with van der Waals surface area (Å²) >= 11 is 1.77. The summed E-state index contributed by atoms with van der Waals surface area (Å²) in [6.07, 6.45) is 3.23. The summed E-state index contributed by atoms with van der Waals surface area (Å²) in [5.74, 6) is 6.09. The van der Waals surface area contributed by atoms with E-state index in [9.17, 15) is 0 Å². The minimum absolute atomic E-state index is 0.142. The number of hydrogen-bond donors (Lipinski definition) is 1. The smallest absolute Gasteiger partial charge is 0.0771 e. The van der Waals surface area contributed by atoms with Crippen LogP contribution in [0.3, 0.4) is 0 Å². The van der Waals surface area contributed by atoms with Crippen LogP contribution in [0, 0.1) is 11.8 Å². The Morgan fingerprint density at radius 2 is 2.33 bits per heavy atom. The van der Waals surface area contributed by atoms with Crippen molar-refractivity contribution in [2.75, 3.05) is 33.3 Å². The molecule has 1 aromatic rings. The summed E-state index contributed by atoms with van der Waals surface area (Å²) in [5, 5.41) is 8.74. The molecule has 3 nitrogen and oxygen atoms in total. The van der Waals surface area contributed by atoms with Crippen LogP contribution in [0.15, 0.2) is 12.1 Å². The first-order valence-corrected chi connectivity index (χ1v) is 8.65. The Morgan fingerprint density at radius 3 is 3.10 bits per heavy atom. The minimum Gasteiger partial charge on any atom is -0.395 e. The molecule has 1 aliphatic heterocycles. The van der Waals surface area contributed by atoms with E-state index in [1.807, 2.05) is 0 Å². The highest BCUT2D eigenvalue weighted by Gasteiger charge is 2.23. The van der Waals surface area contributed by atoms with Crippen molar-refractivity contribution in [3.63, 3.8) is 0 Å². The van der Waals surface area contributed by atoms with Crippen LogP contribution in [-0.4, -0.2) is 54.2 Å². The van der Waals surface area contributed by atoms with Crippen LogP contribution < -0.4 is 0 Å². The third-order valence-corrected chi connectivity index (χ3v) is 4.95. The van der Waals surface area contributed by atoms with Crippen LogP contribution in [0.1, 0.15) is 35.9 Å². The third kappa shape index (κ3) is 5.12. The van der Waals surface area contributed by atoms with Gasteiger partial charge in [0, 0.05) is 30.4 Å². The molecule has 4 heteroatoms. The lowest BCUT2D eigenvalue weighted by atomic mass is 10.2. The van der Waals surface area contributed by atoms with Crippen LogP contribution in [0.5, 0.6) is 0 Å². The van der Waals surface area contributed by atoms with E-state index < -0.39 is 0 Å². The van der Waals surface area contributed by atoms with Crippen LogP contribution in [0.4, 0.5) is 0 Å². The molecule has 0 aromatic carbocycles. The summed E-state index contributed by atoms with van der Waals surface area (Å²) in [6, 6.07) is 4.99. The number of rotatable bonds is 6. The van der Waals surface area contributed by atoms with Crippen molar-refractivity contribution in [1.29, 1.82) is 0 Å². The number of hydrogen-bond acceptors (Lipinski definition) is 4. The highest BCUT2D eigenvalue weighted by molar-refractivity contribution is 7.12. The molecular weight excluding hydrogens is 280 g/mol. The van der Waals surface area contributed by atoms with Gasteiger partial charge >= 0.3 is 0 Å². The van der Waals surface area contributed by atoms with E-state index in [1.165, 1.54) is 30.8 Å². The van der Waals surface area contributed by atoms with Gasteiger partial charge in [0.25, 0.3) is 0 Å². The number of likely N-dealkylation sites (tertiary alicyclic amines) is 1. The van der Waals surface area contributed by atoms with E-state index in [0.717, 1.165) is 24.0 Å². The lowest BCUT2D eigenvalue weighted by Gasteiger charge is -2.27. The molecule has 0 bridgehead atoms. The molecule has 0 spiro atoms. The Hall–Kier alpha value is -0.860. The second kappa shape index (κ2) is 8.55. The van der Waals surface area contributed by atoms with Gasteiger partial charge in [-0.05, 0) is 45.1 Å². The first kappa shape index (κ1) is 16.5. The lowest BCUT2D eigenvalue weighted by molar-refractivity contribution is 0.195. The van der Waals surface area contributed by atoms with Crippen molar-refractivity contribution in [3.8, 4) is 11.8 Å². The van der Waals surface area contributed by atoms with Gasteiger partial charge in [-0.25, -0.2) is 0 Å². The largest absolute Gasteiger partial charge is 0.395 e. The van der Waals surface area contributed by atoms with Crippen LogP contribution >= 0.6 is 11.3 Å². The molecule has 1 aliphatic rings. The Morgan fingerprint density at radius 1 is 1.48 bits per heavy atom. The number of likely N-dealkylation sites (N-methyl/N-ethyl adjacent to an activating group) is 2. The first-order chi connectivity index (χ1) is 10.2. The Bertz CT molecular complexity index is 488. The second-order valence-electron chi connectivity index (χ2n) is 5.66. The molecule has 1 saturated heterocycles. The maximum atomic E-state index is 8.74. The summed E-state index contributed by atoms with van der Waals surface area (Å²) in [5.41, 5.74) is 0. The number of aliphatic hydroxyl groups excluding tert-OH is 1. The average molecular weight is 306 g/mol. The zero-order chi connectivity index (χ0) is 15.1. The molecule has 0 radical (unpaired) electrons. The van der Waals surface area contributed by atoms with Crippen molar-refractivity contribution in [3.05, 3.63) is 21.9 Å². The van der Waals surface area contributed by atoms with Gasteiger partial charge in [0.1, 0.15) is 0 Å². The molecule has 1 N–H and O–H groups in total. The predicted molar refractivity (Wildman–Crippen MR) is 89.5 cm³/mol. The molecule has 2 heterocycles. The van der Waals surface area contributed by atoms with E-state index in [4.69, 9.17) is 5.11 Å². The third-order valence-electron chi connectivity index (χ3n) is 3.96. The van der Waals surface area contributed by atoms with Crippen LogP contribution in [-0.2, 0) is 6.54 Å². The van der Waals surface area contributed by atoms with Gasteiger partial charge in [-0.2, -0.15) is 0 Å². The second-order valence-corrected chi connectivity index (χ2v) is 6.83. The van der Waals surface area contributed by atoms with Crippen molar-refractivity contribution in [2.24, 2.45) is 0 Å². The SMILES string of the molecule is CCN1CCCC1CN(C)Cc1ccc(C#CCCO)s1. The fraction of sp³-hybridized carbons (Fsp3) is 0.647. The number of thiophene rings is 1. The zero-order valence-corrected chi connectivity index (χ0v) is 14.0. The van der Waals surface area contributed by atoms with Crippen molar-refractivity contribution in [2.45, 2.75) is 38.8 Å². The molecule has 1 fully saturated rings. The Kier molecular flexibility index (Phi) is 6.72. The first-order valence-electron chi connectivity index (χ1n) is 7.84. The van der Waals surface area contributed by atoms with Gasteiger partial charge in [0.05, 0.1) is 11.5 Å². The fourth-order valence-electron chi connectivity index (χ4n) is 2.94. The Balaban J connectivity index is 1.82. The number of aliphatic hydroxyl groups is 1. The summed E-state index contributed by atoms with van der Waals surface area (Å²) in [4.78, 5) is 7.49. The summed E-state index contributed by atoms with van der Waals surface area (Å²) in [6.45, 7) is 6.98. The molecule has 0 amide bonds. The van der Waals surface area contributed by atoms with Gasteiger partial charge in [-0.3, -0.25) is 9.80 Å². The molecule has 2 rings (SSSR count). The molecular formula is C17H26N2OS. The van der Waals surface area contributed by atoms with E-state index >= 15 is 0 Å². The fourth-order valence-corrected chi connectivity index (χ4v) is 3.91. The molecule has 0 aliphatic carbocycles. The number of nitrogens with zero attached hydrogens (tertiary/aromatic N) is 2. The highest BCUT2D eigenvalue weighted by Crippen LogP contribution is 2.20.